The topological polar surface area (TPSA) is 89.9 Å². The molecular weight excluding hydrogens is 394 g/mol. The third-order valence-electron chi connectivity index (χ3n) is 5.88. The summed E-state index contributed by atoms with van der Waals surface area (Å²) in [5.74, 6) is 0.703. The fourth-order valence-electron chi connectivity index (χ4n) is 3.87. The summed E-state index contributed by atoms with van der Waals surface area (Å²) in [6.07, 6.45) is 4.63. The zero-order valence-electron chi connectivity index (χ0n) is 17.1. The number of benzene rings is 1. The van der Waals surface area contributed by atoms with Crippen molar-refractivity contribution in [3.8, 4) is 29.0 Å². The average molecular weight is 418 g/mol. The van der Waals surface area contributed by atoms with Crippen LogP contribution in [0.4, 0.5) is 0 Å². The van der Waals surface area contributed by atoms with Crippen LogP contribution in [0.5, 0.6) is 5.75 Å². The zero-order valence-corrected chi connectivity index (χ0v) is 17.9. The molecule has 1 unspecified atom stereocenters. The van der Waals surface area contributed by atoms with Crippen LogP contribution in [0.15, 0.2) is 30.5 Å². The number of fused-ring (bicyclic) bond motifs is 1. The minimum atomic E-state index is -0.519. The molecule has 1 atom stereocenters. The third kappa shape index (κ3) is 3.54. The van der Waals surface area contributed by atoms with E-state index in [0.717, 1.165) is 51.0 Å². The second-order valence-corrected chi connectivity index (χ2v) is 9.05. The number of thiophene rings is 1. The van der Waals surface area contributed by atoms with E-state index in [9.17, 15) is 15.6 Å². The lowest BCUT2D eigenvalue weighted by atomic mass is 9.71. The Bertz CT molecular complexity index is 1180. The highest BCUT2D eigenvalue weighted by Crippen LogP contribution is 2.44. The molecule has 0 radical (unpaired) electrons. The molecule has 2 heterocycles. The maximum absolute atomic E-state index is 10.3. The number of aliphatic hydroxyl groups is 1. The summed E-state index contributed by atoms with van der Waals surface area (Å²) in [7, 11) is 0. The van der Waals surface area contributed by atoms with Gasteiger partial charge in [-0.15, -0.1) is 11.3 Å². The van der Waals surface area contributed by atoms with Crippen molar-refractivity contribution in [2.24, 2.45) is 5.41 Å². The largest absolute Gasteiger partial charge is 0.491 e. The van der Waals surface area contributed by atoms with Gasteiger partial charge >= 0.3 is 0 Å². The quantitative estimate of drug-likeness (QED) is 0.559. The molecule has 0 saturated heterocycles. The Morgan fingerprint density at radius 1 is 1.27 bits per heavy atom. The summed E-state index contributed by atoms with van der Waals surface area (Å²) < 4.78 is 7.20. The summed E-state index contributed by atoms with van der Waals surface area (Å²) in [5, 5.41) is 29.4. The van der Waals surface area contributed by atoms with Gasteiger partial charge in [0.2, 0.25) is 0 Å². The van der Waals surface area contributed by atoms with Gasteiger partial charge in [-0.1, -0.05) is 13.3 Å². The van der Waals surface area contributed by atoms with Crippen LogP contribution in [0.1, 0.15) is 54.7 Å². The van der Waals surface area contributed by atoms with Crippen LogP contribution < -0.4 is 4.74 Å². The first-order valence-electron chi connectivity index (χ1n) is 10.2. The second-order valence-electron chi connectivity index (χ2n) is 7.96. The first-order chi connectivity index (χ1) is 14.5. The van der Waals surface area contributed by atoms with E-state index in [1.165, 1.54) is 11.3 Å². The predicted octanol–water partition coefficient (Wildman–Crippen LogP) is 5.66. The maximum Gasteiger partial charge on any atom is 0.130 e. The SMILES string of the molecule is CCC(O)c1cc2nccc(-c3cc(C#N)cc(C)c3OCC3(C#N)CCC3)c2s1. The Morgan fingerprint density at radius 3 is 2.70 bits per heavy atom. The van der Waals surface area contributed by atoms with Crippen molar-refractivity contribution in [3.05, 3.63) is 46.5 Å². The Labute approximate surface area is 180 Å². The standard InChI is InChI=1S/C24H23N3O2S/c1-3-20(28)21-11-19-23(30-21)17(5-8-27-19)18-10-16(12-25)9-15(2)22(18)29-14-24(13-26)6-4-7-24/h5,8-11,20,28H,3-4,6-7,14H2,1-2H3. The summed E-state index contributed by atoms with van der Waals surface area (Å²) in [6, 6.07) is 12.2. The number of hydrogen-bond donors (Lipinski definition) is 1. The Morgan fingerprint density at radius 2 is 2.07 bits per heavy atom. The van der Waals surface area contributed by atoms with E-state index in [4.69, 9.17) is 4.74 Å². The van der Waals surface area contributed by atoms with Crippen molar-refractivity contribution in [1.29, 1.82) is 10.5 Å². The maximum atomic E-state index is 10.3. The van der Waals surface area contributed by atoms with Crippen LogP contribution in [0.3, 0.4) is 0 Å². The number of nitrogens with zero attached hydrogens (tertiary/aromatic N) is 3. The van der Waals surface area contributed by atoms with Gasteiger partial charge in [0.05, 0.1) is 39.4 Å². The molecule has 1 fully saturated rings. The lowest BCUT2D eigenvalue weighted by Crippen LogP contribution is -2.34. The first-order valence-corrected chi connectivity index (χ1v) is 11.0. The Balaban J connectivity index is 1.83. The Kier molecular flexibility index (Phi) is 5.47. The highest BCUT2D eigenvalue weighted by Gasteiger charge is 2.38. The normalized spacial score (nSPS) is 15.8. The van der Waals surface area contributed by atoms with E-state index in [1.807, 2.05) is 38.1 Å². The molecule has 1 aliphatic rings. The molecular formula is C24H23N3O2S. The number of ether oxygens (including phenoxy) is 1. The van der Waals surface area contributed by atoms with Crippen LogP contribution in [-0.4, -0.2) is 16.7 Å². The first kappa shape index (κ1) is 20.3. The lowest BCUT2D eigenvalue weighted by molar-refractivity contribution is 0.115. The molecule has 1 aliphatic carbocycles. The number of aryl methyl sites for hydroxylation is 1. The van der Waals surface area contributed by atoms with Crippen molar-refractivity contribution in [1.82, 2.24) is 4.98 Å². The van der Waals surface area contributed by atoms with Gasteiger partial charge in [-0.2, -0.15) is 10.5 Å². The van der Waals surface area contributed by atoms with E-state index in [1.54, 1.807) is 6.20 Å². The number of nitriles is 2. The van der Waals surface area contributed by atoms with E-state index < -0.39 is 11.5 Å². The number of pyridine rings is 1. The average Bonchev–Trinajstić information content (AvgIpc) is 3.17. The van der Waals surface area contributed by atoms with Gasteiger partial charge < -0.3 is 9.84 Å². The molecule has 0 bridgehead atoms. The number of aliphatic hydroxyl groups excluding tert-OH is 1. The Hall–Kier alpha value is -2.93. The fraction of sp³-hybridized carbons (Fsp3) is 0.375. The van der Waals surface area contributed by atoms with Crippen LogP contribution >= 0.6 is 11.3 Å². The van der Waals surface area contributed by atoms with Crippen LogP contribution in [-0.2, 0) is 0 Å². The monoisotopic (exact) mass is 417 g/mol. The molecule has 3 aromatic rings. The summed E-state index contributed by atoms with van der Waals surface area (Å²) in [6.45, 7) is 4.22. The van der Waals surface area contributed by atoms with Crippen LogP contribution in [0.25, 0.3) is 21.3 Å². The number of aromatic nitrogens is 1. The molecule has 1 N–H and O–H groups in total. The molecule has 30 heavy (non-hydrogen) atoms. The van der Waals surface area contributed by atoms with E-state index >= 15 is 0 Å². The van der Waals surface area contributed by atoms with Gasteiger partial charge in [0.1, 0.15) is 12.4 Å². The van der Waals surface area contributed by atoms with Crippen LogP contribution in [0, 0.1) is 35.0 Å². The molecule has 1 saturated carbocycles. The van der Waals surface area contributed by atoms with E-state index in [2.05, 4.69) is 17.1 Å². The minimum absolute atomic E-state index is 0.349. The smallest absolute Gasteiger partial charge is 0.130 e. The van der Waals surface area contributed by atoms with E-state index in [0.29, 0.717) is 24.3 Å². The van der Waals surface area contributed by atoms with Gasteiger partial charge in [-0.25, -0.2) is 0 Å². The van der Waals surface area contributed by atoms with Gasteiger partial charge in [0.15, 0.2) is 0 Å². The fourth-order valence-corrected chi connectivity index (χ4v) is 5.08. The van der Waals surface area contributed by atoms with Gasteiger partial charge in [-0.05, 0) is 56.0 Å². The molecule has 152 valence electrons. The van der Waals surface area contributed by atoms with Crippen molar-refractivity contribution in [2.75, 3.05) is 6.61 Å². The van der Waals surface area contributed by atoms with Crippen molar-refractivity contribution >= 4 is 21.6 Å². The summed E-state index contributed by atoms with van der Waals surface area (Å²) in [4.78, 5) is 5.35. The minimum Gasteiger partial charge on any atom is -0.491 e. The lowest BCUT2D eigenvalue weighted by Gasteiger charge is -2.35. The third-order valence-corrected chi connectivity index (χ3v) is 7.14. The van der Waals surface area contributed by atoms with Crippen molar-refractivity contribution in [3.63, 3.8) is 0 Å². The summed E-state index contributed by atoms with van der Waals surface area (Å²) >= 11 is 1.52. The molecule has 6 heteroatoms. The number of rotatable bonds is 6. The summed E-state index contributed by atoms with van der Waals surface area (Å²) in [5.41, 5.74) is 3.58. The van der Waals surface area contributed by atoms with E-state index in [-0.39, 0.29) is 0 Å². The highest BCUT2D eigenvalue weighted by atomic mass is 32.1. The van der Waals surface area contributed by atoms with Gasteiger partial charge in [-0.3, -0.25) is 4.98 Å². The zero-order chi connectivity index (χ0) is 21.3. The molecule has 5 nitrogen and oxygen atoms in total. The molecule has 0 spiro atoms. The molecule has 4 rings (SSSR count). The van der Waals surface area contributed by atoms with Crippen molar-refractivity contribution < 1.29 is 9.84 Å². The molecule has 0 aliphatic heterocycles. The van der Waals surface area contributed by atoms with Gasteiger partial charge in [0, 0.05) is 22.2 Å². The molecule has 0 amide bonds. The number of hydrogen-bond acceptors (Lipinski definition) is 6. The highest BCUT2D eigenvalue weighted by molar-refractivity contribution is 7.19. The second kappa shape index (κ2) is 8.07. The van der Waals surface area contributed by atoms with Crippen molar-refractivity contribution in [2.45, 2.75) is 45.6 Å². The molecule has 2 aromatic heterocycles. The molecule has 1 aromatic carbocycles. The van der Waals surface area contributed by atoms with Gasteiger partial charge in [0.25, 0.3) is 0 Å². The van der Waals surface area contributed by atoms with Crippen LogP contribution in [0.2, 0.25) is 0 Å². The predicted molar refractivity (Wildman–Crippen MR) is 117 cm³/mol.